The summed E-state index contributed by atoms with van der Waals surface area (Å²) >= 11 is 0. The lowest BCUT2D eigenvalue weighted by atomic mass is 9.98. The molecular weight excluding hydrogens is 260 g/mol. The highest BCUT2D eigenvalue weighted by atomic mass is 16.6. The van der Waals surface area contributed by atoms with E-state index >= 15 is 0 Å². The van der Waals surface area contributed by atoms with Crippen LogP contribution in [0.1, 0.15) is 48.0 Å². The Morgan fingerprint density at radius 1 is 1.20 bits per heavy atom. The van der Waals surface area contributed by atoms with Crippen LogP contribution in [0.4, 0.5) is 4.79 Å². The Kier molecular flexibility index (Phi) is 4.23. The van der Waals surface area contributed by atoms with Gasteiger partial charge in [-0.15, -0.1) is 0 Å². The average Bonchev–Trinajstić information content (AvgIpc) is 2.53. The highest BCUT2D eigenvalue weighted by molar-refractivity contribution is 5.82. The number of quaternary nitrogens is 1. The SMILES string of the molecule is CC(C)(C)OC(=O)[N+]1(C(C)(C)C)CCC(O)[C@H]1C(N)=O. The van der Waals surface area contributed by atoms with E-state index < -0.39 is 35.3 Å². The Labute approximate surface area is 120 Å². The van der Waals surface area contributed by atoms with Gasteiger partial charge in [-0.05, 0) is 41.5 Å². The van der Waals surface area contributed by atoms with Crippen molar-refractivity contribution in [2.45, 2.75) is 71.2 Å². The third-order valence-electron chi connectivity index (χ3n) is 3.82. The fourth-order valence-corrected chi connectivity index (χ4v) is 2.91. The number of hydrogen-bond donors (Lipinski definition) is 2. The first-order valence-corrected chi connectivity index (χ1v) is 6.92. The third kappa shape index (κ3) is 2.81. The molecule has 0 aromatic rings. The summed E-state index contributed by atoms with van der Waals surface area (Å²) in [6.07, 6.45) is -1.07. The number of carbonyl (C=O) groups excluding carboxylic acids is 2. The van der Waals surface area contributed by atoms with Crippen molar-refractivity contribution in [3.63, 3.8) is 0 Å². The number of aliphatic hydroxyl groups is 1. The van der Waals surface area contributed by atoms with Crippen molar-refractivity contribution in [1.29, 1.82) is 0 Å². The van der Waals surface area contributed by atoms with Gasteiger partial charge in [0.2, 0.25) is 6.04 Å². The van der Waals surface area contributed by atoms with E-state index in [1.54, 1.807) is 20.8 Å². The van der Waals surface area contributed by atoms with Gasteiger partial charge in [-0.25, -0.2) is 4.48 Å². The number of carbonyl (C=O) groups is 2. The third-order valence-corrected chi connectivity index (χ3v) is 3.82. The Morgan fingerprint density at radius 3 is 2.05 bits per heavy atom. The molecule has 6 nitrogen and oxygen atoms in total. The second-order valence-electron chi connectivity index (χ2n) is 7.45. The summed E-state index contributed by atoms with van der Waals surface area (Å²) in [5.41, 5.74) is 4.18. The molecule has 3 N–H and O–H groups in total. The molecule has 0 aromatic heterocycles. The first-order chi connectivity index (χ1) is 8.83. The molecule has 0 aliphatic carbocycles. The fraction of sp³-hybridized carbons (Fsp3) is 0.857. The molecule has 116 valence electrons. The van der Waals surface area contributed by atoms with Crippen molar-refractivity contribution < 1.29 is 23.9 Å². The van der Waals surface area contributed by atoms with Crippen LogP contribution in [0.25, 0.3) is 0 Å². The van der Waals surface area contributed by atoms with Gasteiger partial charge in [0.05, 0.1) is 6.54 Å². The minimum Gasteiger partial charge on any atom is -0.414 e. The van der Waals surface area contributed by atoms with E-state index in [1.165, 1.54) is 0 Å². The first-order valence-electron chi connectivity index (χ1n) is 6.92. The maximum atomic E-state index is 12.7. The molecule has 20 heavy (non-hydrogen) atoms. The highest BCUT2D eigenvalue weighted by Crippen LogP contribution is 2.38. The molecule has 0 spiro atoms. The van der Waals surface area contributed by atoms with Crippen LogP contribution >= 0.6 is 0 Å². The molecule has 1 heterocycles. The van der Waals surface area contributed by atoms with Gasteiger partial charge < -0.3 is 15.6 Å². The number of aliphatic hydroxyl groups excluding tert-OH is 1. The van der Waals surface area contributed by atoms with Crippen LogP contribution in [-0.2, 0) is 9.53 Å². The van der Waals surface area contributed by atoms with Crippen LogP contribution in [0, 0.1) is 0 Å². The van der Waals surface area contributed by atoms with Gasteiger partial charge in [0, 0.05) is 6.42 Å². The fourth-order valence-electron chi connectivity index (χ4n) is 2.91. The molecule has 0 radical (unpaired) electrons. The molecule has 1 rings (SSSR count). The Morgan fingerprint density at radius 2 is 1.70 bits per heavy atom. The van der Waals surface area contributed by atoms with Crippen molar-refractivity contribution >= 4 is 12.0 Å². The highest BCUT2D eigenvalue weighted by Gasteiger charge is 2.63. The molecule has 1 saturated heterocycles. The summed E-state index contributed by atoms with van der Waals surface area (Å²) in [4.78, 5) is 24.5. The molecule has 1 aliphatic rings. The van der Waals surface area contributed by atoms with Crippen LogP contribution < -0.4 is 5.73 Å². The maximum absolute atomic E-state index is 12.7. The zero-order valence-electron chi connectivity index (χ0n) is 13.3. The van der Waals surface area contributed by atoms with E-state index in [-0.39, 0.29) is 4.48 Å². The summed E-state index contributed by atoms with van der Waals surface area (Å²) < 4.78 is 5.23. The number of nitrogens with zero attached hydrogens (tertiary/aromatic N) is 1. The largest absolute Gasteiger partial charge is 0.517 e. The van der Waals surface area contributed by atoms with Crippen molar-refractivity contribution in [1.82, 2.24) is 0 Å². The molecule has 0 saturated carbocycles. The summed E-state index contributed by atoms with van der Waals surface area (Å²) in [6, 6.07) is -0.968. The van der Waals surface area contributed by atoms with E-state index in [0.717, 1.165) is 0 Å². The molecule has 1 fully saturated rings. The van der Waals surface area contributed by atoms with Crippen LogP contribution in [0.15, 0.2) is 0 Å². The normalized spacial score (nSPS) is 31.1. The summed E-state index contributed by atoms with van der Waals surface area (Å²) in [5.74, 6) is -0.671. The van der Waals surface area contributed by atoms with Crippen LogP contribution in [0.5, 0.6) is 0 Å². The monoisotopic (exact) mass is 287 g/mol. The van der Waals surface area contributed by atoms with Gasteiger partial charge in [-0.2, -0.15) is 4.79 Å². The summed E-state index contributed by atoms with van der Waals surface area (Å²) in [5, 5.41) is 10.1. The number of hydrogen-bond acceptors (Lipinski definition) is 4. The minimum absolute atomic E-state index is 0.263. The van der Waals surface area contributed by atoms with Gasteiger partial charge in [0.1, 0.15) is 17.2 Å². The molecule has 0 aromatic carbocycles. The molecule has 0 bridgehead atoms. The van der Waals surface area contributed by atoms with Crippen LogP contribution in [0.2, 0.25) is 0 Å². The van der Waals surface area contributed by atoms with Gasteiger partial charge in [0.25, 0.3) is 5.91 Å². The number of ether oxygens (including phenoxy) is 1. The lowest BCUT2D eigenvalue weighted by Gasteiger charge is -2.45. The van der Waals surface area contributed by atoms with E-state index in [0.29, 0.717) is 13.0 Å². The quantitative estimate of drug-likeness (QED) is 0.708. The average molecular weight is 287 g/mol. The number of primary amides is 1. The smallest absolute Gasteiger partial charge is 0.414 e. The maximum Gasteiger partial charge on any atom is 0.517 e. The number of amides is 2. The Hall–Kier alpha value is -1.14. The van der Waals surface area contributed by atoms with Gasteiger partial charge in [-0.1, -0.05) is 0 Å². The van der Waals surface area contributed by atoms with Gasteiger partial charge in [-0.3, -0.25) is 4.79 Å². The molecular formula is C14H27N2O4+. The standard InChI is InChI=1S/C14H26N2O4/c1-13(2,3)16(12(19)20-14(4,5)6)8-7-9(17)10(16)11(15)18/h9-10,17H,7-8H2,1-6H3,(H-,15,18)/p+1/t9?,10-,16?/m0/s1. The van der Waals surface area contributed by atoms with Crippen LogP contribution in [0.3, 0.4) is 0 Å². The topological polar surface area (TPSA) is 89.6 Å². The predicted molar refractivity (Wildman–Crippen MR) is 74.7 cm³/mol. The second kappa shape index (κ2) is 5.00. The van der Waals surface area contributed by atoms with E-state index in [2.05, 4.69) is 0 Å². The number of nitrogens with two attached hydrogens (primary N) is 1. The van der Waals surface area contributed by atoms with E-state index in [9.17, 15) is 14.7 Å². The van der Waals surface area contributed by atoms with E-state index in [1.807, 2.05) is 20.8 Å². The van der Waals surface area contributed by atoms with Gasteiger partial charge in [0.15, 0.2) is 0 Å². The van der Waals surface area contributed by atoms with E-state index in [4.69, 9.17) is 10.5 Å². The Balaban J connectivity index is 3.32. The lowest BCUT2D eigenvalue weighted by molar-refractivity contribution is -0.908. The predicted octanol–water partition coefficient (Wildman–Crippen LogP) is 1.16. The van der Waals surface area contributed by atoms with Crippen molar-refractivity contribution in [3.05, 3.63) is 0 Å². The Bertz CT molecular complexity index is 408. The molecule has 2 unspecified atom stereocenters. The first kappa shape index (κ1) is 16.9. The van der Waals surface area contributed by atoms with Crippen molar-refractivity contribution in [3.8, 4) is 0 Å². The molecule has 2 amide bonds. The molecule has 1 aliphatic heterocycles. The second-order valence-corrected chi connectivity index (χ2v) is 7.45. The summed E-state index contributed by atoms with van der Waals surface area (Å²) in [6.45, 7) is 11.2. The van der Waals surface area contributed by atoms with Crippen LogP contribution in [-0.4, -0.2) is 51.4 Å². The van der Waals surface area contributed by atoms with Crippen molar-refractivity contribution in [2.75, 3.05) is 6.54 Å². The number of rotatable bonds is 1. The zero-order valence-corrected chi connectivity index (χ0v) is 13.3. The molecule has 3 atom stereocenters. The van der Waals surface area contributed by atoms with Crippen molar-refractivity contribution in [2.24, 2.45) is 5.73 Å². The number of likely N-dealkylation sites (tertiary alicyclic amines) is 1. The molecule has 6 heteroatoms. The lowest BCUT2D eigenvalue weighted by Crippen LogP contribution is -2.71. The zero-order chi connectivity index (χ0) is 15.9. The minimum atomic E-state index is -0.968. The van der Waals surface area contributed by atoms with Gasteiger partial charge >= 0.3 is 6.09 Å². The summed E-state index contributed by atoms with van der Waals surface area (Å²) in [7, 11) is 0.